The molecule has 0 fully saturated rings. The molecule has 0 aromatic heterocycles. The van der Waals surface area contributed by atoms with Crippen molar-refractivity contribution in [1.29, 1.82) is 0 Å². The van der Waals surface area contributed by atoms with Gasteiger partial charge in [0.15, 0.2) is 15.1 Å². The number of amides is 2. The highest BCUT2D eigenvalue weighted by Crippen LogP contribution is 2.38. The first-order valence-corrected chi connectivity index (χ1v) is 25.0. The first-order chi connectivity index (χ1) is 22.9. The molecule has 1 aromatic carbocycles. The molecule has 1 aliphatic heterocycles. The predicted octanol–water partition coefficient (Wildman–Crippen LogP) is 8.81. The number of nitrogens with two attached hydrogens (primary N) is 1. The highest BCUT2D eigenvalue weighted by atomic mass is 28.4. The van der Waals surface area contributed by atoms with Crippen molar-refractivity contribution >= 4 is 34.2 Å². The van der Waals surface area contributed by atoms with Crippen LogP contribution in [-0.4, -0.2) is 70.7 Å². The topological polar surface area (TPSA) is 117 Å². The average Bonchev–Trinajstić information content (AvgIpc) is 3.51. The molecule has 0 saturated carbocycles. The Morgan fingerprint density at radius 1 is 0.918 bits per heavy atom. The number of hydrogen-bond acceptors (Lipinski definition) is 7. The zero-order chi connectivity index (χ0) is 36.7. The first kappa shape index (κ1) is 42.7. The third-order valence-electron chi connectivity index (χ3n) is 9.59. The average molecular weight is 719 g/mol. The largest absolute Gasteiger partial charge is 0.468 e. The SMILES string of the molecule is CCCCCC[C@H](CCCCC[C@@H](O[Si](C)(C)C(C)(C)C)C(N)=O)OC(=O)[C@@H]1CC=CN1C(=O)c1ccc(OCOCC[Si](C)(C)C)cc1. The zero-order valence-electron chi connectivity index (χ0n) is 32.0. The van der Waals surface area contributed by atoms with Gasteiger partial charge < -0.3 is 29.3 Å². The van der Waals surface area contributed by atoms with E-state index in [2.05, 4.69) is 60.4 Å². The number of rotatable bonds is 23. The van der Waals surface area contributed by atoms with Crippen molar-refractivity contribution in [3.8, 4) is 5.75 Å². The van der Waals surface area contributed by atoms with Gasteiger partial charge in [0.25, 0.3) is 5.91 Å². The number of primary amides is 1. The molecule has 1 aliphatic rings. The third kappa shape index (κ3) is 15.5. The van der Waals surface area contributed by atoms with Crippen LogP contribution in [0, 0.1) is 0 Å². The fraction of sp³-hybridized carbons (Fsp3) is 0.711. The van der Waals surface area contributed by atoms with Gasteiger partial charge in [-0.3, -0.25) is 9.59 Å². The van der Waals surface area contributed by atoms with Crippen molar-refractivity contribution in [2.45, 2.75) is 160 Å². The monoisotopic (exact) mass is 718 g/mol. The summed E-state index contributed by atoms with van der Waals surface area (Å²) < 4.78 is 23.7. The summed E-state index contributed by atoms with van der Waals surface area (Å²) in [5.74, 6) is -0.404. The molecule has 1 aromatic rings. The predicted molar refractivity (Wildman–Crippen MR) is 203 cm³/mol. The Balaban J connectivity index is 1.92. The van der Waals surface area contributed by atoms with Crippen LogP contribution < -0.4 is 10.5 Å². The summed E-state index contributed by atoms with van der Waals surface area (Å²) in [4.78, 5) is 40.6. The third-order valence-corrected chi connectivity index (χ3v) is 15.8. The van der Waals surface area contributed by atoms with Gasteiger partial charge in [0.1, 0.15) is 24.0 Å². The van der Waals surface area contributed by atoms with E-state index >= 15 is 0 Å². The molecule has 9 nitrogen and oxygen atoms in total. The van der Waals surface area contributed by atoms with Crippen LogP contribution in [0.25, 0.3) is 0 Å². The van der Waals surface area contributed by atoms with Gasteiger partial charge in [0.05, 0.1) is 0 Å². The van der Waals surface area contributed by atoms with Crippen molar-refractivity contribution in [3.63, 3.8) is 0 Å². The quantitative estimate of drug-likeness (QED) is 0.0520. The first-order valence-electron chi connectivity index (χ1n) is 18.4. The normalized spacial score (nSPS) is 16.4. The molecule has 0 radical (unpaired) electrons. The Labute approximate surface area is 298 Å². The smallest absolute Gasteiger partial charge is 0.329 e. The lowest BCUT2D eigenvalue weighted by Gasteiger charge is -2.38. The van der Waals surface area contributed by atoms with Crippen molar-refractivity contribution in [2.24, 2.45) is 5.73 Å². The zero-order valence-corrected chi connectivity index (χ0v) is 34.0. The minimum absolute atomic E-state index is 0.00761. The van der Waals surface area contributed by atoms with Crippen molar-refractivity contribution in [2.75, 3.05) is 13.4 Å². The van der Waals surface area contributed by atoms with Gasteiger partial charge >= 0.3 is 5.97 Å². The minimum Gasteiger partial charge on any atom is -0.468 e. The molecule has 2 amide bonds. The summed E-state index contributed by atoms with van der Waals surface area (Å²) in [6.45, 7) is 20.6. The number of carbonyl (C=O) groups is 3. The fourth-order valence-electron chi connectivity index (χ4n) is 5.30. The molecule has 0 spiro atoms. The number of unbranched alkanes of at least 4 members (excludes halogenated alkanes) is 5. The summed E-state index contributed by atoms with van der Waals surface area (Å²) in [6, 6.07) is 7.31. The molecule has 1 heterocycles. The maximum atomic E-state index is 13.5. The molecule has 49 heavy (non-hydrogen) atoms. The standard InChI is InChI=1S/C38H66N2O7Si2/c1-10-11-12-14-18-32(19-15-13-16-21-34(35(39)41)47-49(8,9)38(2,3)4)46-37(43)33-20-17-26-40(33)36(42)30-22-24-31(25-23-30)45-29-44-27-28-48(5,6)7/h17,22-26,32-34H,10-16,18-21,27-29H2,1-9H3,(H2,39,41)/t32-,33+,34-/m1/s1. The van der Waals surface area contributed by atoms with Gasteiger partial charge in [-0.25, -0.2) is 4.79 Å². The molecule has 3 atom stereocenters. The summed E-state index contributed by atoms with van der Waals surface area (Å²) in [7, 11) is -3.28. The highest BCUT2D eigenvalue weighted by Gasteiger charge is 2.40. The number of benzene rings is 1. The molecule has 0 aliphatic carbocycles. The number of esters is 1. The second-order valence-electron chi connectivity index (χ2n) is 16.2. The van der Waals surface area contributed by atoms with E-state index in [4.69, 9.17) is 24.4 Å². The maximum absolute atomic E-state index is 13.5. The van der Waals surface area contributed by atoms with Gasteiger partial charge in [-0.15, -0.1) is 0 Å². The van der Waals surface area contributed by atoms with E-state index in [1.807, 2.05) is 6.08 Å². The minimum atomic E-state index is -2.12. The van der Waals surface area contributed by atoms with Crippen LogP contribution in [0.15, 0.2) is 36.5 Å². The molecule has 0 unspecified atom stereocenters. The van der Waals surface area contributed by atoms with Gasteiger partial charge in [0.2, 0.25) is 5.91 Å². The van der Waals surface area contributed by atoms with E-state index in [0.717, 1.165) is 63.8 Å². The molecule has 278 valence electrons. The van der Waals surface area contributed by atoms with Crippen LogP contribution in [0.1, 0.15) is 109 Å². The lowest BCUT2D eigenvalue weighted by atomic mass is 10.0. The molecule has 0 saturated heterocycles. The van der Waals surface area contributed by atoms with E-state index in [1.54, 1.807) is 30.5 Å². The summed E-state index contributed by atoms with van der Waals surface area (Å²) in [5.41, 5.74) is 6.19. The number of ether oxygens (including phenoxy) is 3. The lowest BCUT2D eigenvalue weighted by Crippen LogP contribution is -2.47. The second kappa shape index (κ2) is 20.4. The van der Waals surface area contributed by atoms with E-state index in [-0.39, 0.29) is 29.8 Å². The van der Waals surface area contributed by atoms with Crippen molar-refractivity contribution in [1.82, 2.24) is 4.90 Å². The molecule has 2 N–H and O–H groups in total. The van der Waals surface area contributed by atoms with Gasteiger partial charge in [-0.1, -0.05) is 85.5 Å². The van der Waals surface area contributed by atoms with E-state index in [9.17, 15) is 14.4 Å². The Bertz CT molecular complexity index is 1190. The second-order valence-corrected chi connectivity index (χ2v) is 26.5. The van der Waals surface area contributed by atoms with Crippen LogP contribution >= 0.6 is 0 Å². The van der Waals surface area contributed by atoms with E-state index in [1.165, 1.54) is 4.90 Å². The maximum Gasteiger partial charge on any atom is 0.329 e. The molecule has 0 bridgehead atoms. The van der Waals surface area contributed by atoms with Crippen LogP contribution in [0.5, 0.6) is 5.75 Å². The Hall–Kier alpha value is -2.48. The summed E-state index contributed by atoms with van der Waals surface area (Å²) in [6.07, 6.45) is 12.2. The molecule has 11 heteroatoms. The van der Waals surface area contributed by atoms with Crippen LogP contribution in [-0.2, 0) is 23.5 Å². The Kier molecular flexibility index (Phi) is 17.8. The van der Waals surface area contributed by atoms with Crippen LogP contribution in [0.2, 0.25) is 43.8 Å². The molecule has 2 rings (SSSR count). The number of carbonyl (C=O) groups excluding carboxylic acids is 3. The number of nitrogens with zero attached hydrogens (tertiary/aromatic N) is 1. The summed E-state index contributed by atoms with van der Waals surface area (Å²) in [5, 5.41) is -0.00761. The molecular formula is C38H66N2O7Si2. The highest BCUT2D eigenvalue weighted by molar-refractivity contribution is 6.76. The summed E-state index contributed by atoms with van der Waals surface area (Å²) >= 11 is 0. The van der Waals surface area contributed by atoms with E-state index < -0.39 is 34.4 Å². The molecular weight excluding hydrogens is 653 g/mol. The Morgan fingerprint density at radius 3 is 2.10 bits per heavy atom. The van der Waals surface area contributed by atoms with Gasteiger partial charge in [-0.05, 0) is 87.0 Å². The number of hydrogen-bond donors (Lipinski definition) is 1. The van der Waals surface area contributed by atoms with Gasteiger partial charge in [0, 0.05) is 26.4 Å². The van der Waals surface area contributed by atoms with Crippen LogP contribution in [0.3, 0.4) is 0 Å². The van der Waals surface area contributed by atoms with Gasteiger partial charge in [-0.2, -0.15) is 0 Å². The van der Waals surface area contributed by atoms with Crippen molar-refractivity contribution < 1.29 is 33.0 Å². The van der Waals surface area contributed by atoms with E-state index in [0.29, 0.717) is 30.8 Å². The van der Waals surface area contributed by atoms with Crippen molar-refractivity contribution in [3.05, 3.63) is 42.1 Å². The lowest BCUT2D eigenvalue weighted by molar-refractivity contribution is -0.154. The van der Waals surface area contributed by atoms with Crippen LogP contribution in [0.4, 0.5) is 0 Å². The fourth-order valence-corrected chi connectivity index (χ4v) is 7.36. The Morgan fingerprint density at radius 2 is 1.53 bits per heavy atom.